The summed E-state index contributed by atoms with van der Waals surface area (Å²) in [5.41, 5.74) is 0. The van der Waals surface area contributed by atoms with Crippen LogP contribution < -0.4 is 5.32 Å². The number of phosphoric acid groups is 1. The molecular weight excluding hydrogens is 900 g/mol. The van der Waals surface area contributed by atoms with Crippen LogP contribution in [0.3, 0.4) is 0 Å². The van der Waals surface area contributed by atoms with Gasteiger partial charge in [-0.2, -0.15) is 0 Å². The minimum absolute atomic E-state index is 0.0552. The Hall–Kier alpha value is -1.28. The molecule has 0 rings (SSSR count). The van der Waals surface area contributed by atoms with Crippen LogP contribution in [0, 0.1) is 0 Å². The van der Waals surface area contributed by atoms with Gasteiger partial charge < -0.3 is 19.8 Å². The molecule has 0 bridgehead atoms. The summed E-state index contributed by atoms with van der Waals surface area (Å²) in [5, 5.41) is 13.9. The van der Waals surface area contributed by atoms with Gasteiger partial charge in [0.15, 0.2) is 0 Å². The van der Waals surface area contributed by atoms with Gasteiger partial charge in [-0.3, -0.25) is 13.8 Å². The number of allylic oxidation sites excluding steroid dienone is 5. The van der Waals surface area contributed by atoms with Gasteiger partial charge in [-0.25, -0.2) is 4.57 Å². The van der Waals surface area contributed by atoms with Crippen molar-refractivity contribution in [3.63, 3.8) is 0 Å². The molecule has 71 heavy (non-hydrogen) atoms. The molecular formula is C62H122N2O6P+. The Morgan fingerprint density at radius 1 is 0.465 bits per heavy atom. The van der Waals surface area contributed by atoms with E-state index in [0.29, 0.717) is 17.4 Å². The van der Waals surface area contributed by atoms with E-state index in [1.54, 1.807) is 6.08 Å². The topological polar surface area (TPSA) is 105 Å². The molecule has 0 saturated heterocycles. The number of rotatable bonds is 57. The summed E-state index contributed by atoms with van der Waals surface area (Å²) in [7, 11) is 1.56. The summed E-state index contributed by atoms with van der Waals surface area (Å²) < 4.78 is 23.7. The van der Waals surface area contributed by atoms with E-state index < -0.39 is 20.0 Å². The number of amides is 1. The largest absolute Gasteiger partial charge is 0.472 e. The smallest absolute Gasteiger partial charge is 0.387 e. The first kappa shape index (κ1) is 69.7. The van der Waals surface area contributed by atoms with Crippen LogP contribution in [0.1, 0.15) is 303 Å². The third-order valence-electron chi connectivity index (χ3n) is 14.1. The minimum atomic E-state index is -4.36. The number of aliphatic hydroxyl groups excluding tert-OH is 1. The fourth-order valence-electron chi connectivity index (χ4n) is 9.25. The Kier molecular flexibility index (Phi) is 52.6. The average Bonchev–Trinajstić information content (AvgIpc) is 3.33. The van der Waals surface area contributed by atoms with E-state index >= 15 is 0 Å². The van der Waals surface area contributed by atoms with Gasteiger partial charge in [0.2, 0.25) is 5.91 Å². The fraction of sp³-hybridized carbons (Fsp3) is 0.887. The van der Waals surface area contributed by atoms with Crippen LogP contribution in [0.25, 0.3) is 0 Å². The maximum absolute atomic E-state index is 13.0. The van der Waals surface area contributed by atoms with E-state index in [4.69, 9.17) is 9.05 Å². The van der Waals surface area contributed by atoms with Crippen LogP contribution in [0.15, 0.2) is 36.5 Å². The molecule has 3 N–H and O–H groups in total. The highest BCUT2D eigenvalue weighted by Crippen LogP contribution is 2.43. The molecule has 420 valence electrons. The highest BCUT2D eigenvalue weighted by Gasteiger charge is 2.27. The second-order valence-electron chi connectivity index (χ2n) is 22.4. The van der Waals surface area contributed by atoms with Crippen LogP contribution in [0.5, 0.6) is 0 Å². The molecule has 3 unspecified atom stereocenters. The first-order valence-electron chi connectivity index (χ1n) is 30.9. The maximum Gasteiger partial charge on any atom is 0.472 e. The number of phosphoric ester groups is 1. The molecule has 0 fully saturated rings. The van der Waals surface area contributed by atoms with E-state index in [2.05, 4.69) is 43.5 Å². The second kappa shape index (κ2) is 53.5. The molecule has 0 spiro atoms. The zero-order valence-corrected chi connectivity index (χ0v) is 48.9. The molecule has 8 nitrogen and oxygen atoms in total. The van der Waals surface area contributed by atoms with E-state index in [0.717, 1.165) is 44.9 Å². The summed E-state index contributed by atoms with van der Waals surface area (Å²) in [5.74, 6) is -0.186. The van der Waals surface area contributed by atoms with Gasteiger partial charge in [-0.05, 0) is 44.9 Å². The molecule has 0 aliphatic heterocycles. The van der Waals surface area contributed by atoms with Crippen LogP contribution in [-0.4, -0.2) is 73.4 Å². The van der Waals surface area contributed by atoms with Crippen molar-refractivity contribution < 1.29 is 32.9 Å². The number of quaternary nitrogens is 1. The Balaban J connectivity index is 4.19. The number of unbranched alkanes of at least 4 members (excludes halogenated alkanes) is 40. The van der Waals surface area contributed by atoms with E-state index in [1.807, 2.05) is 27.2 Å². The number of aliphatic hydroxyl groups is 1. The summed E-state index contributed by atoms with van der Waals surface area (Å²) in [6.45, 7) is 4.83. The van der Waals surface area contributed by atoms with Gasteiger partial charge in [-0.15, -0.1) is 0 Å². The van der Waals surface area contributed by atoms with Gasteiger partial charge in [0.05, 0.1) is 39.9 Å². The standard InChI is InChI=1S/C62H121N2O6P/c1-6-8-10-12-14-16-18-20-22-24-26-27-28-29-30-31-32-33-34-35-36-38-39-41-43-45-47-49-51-53-55-61(65)60(59-70-71(67,68)69-58-57-64(3,4)5)63-62(66)56-54-52-50-48-46-44-42-40-37-25-23-21-19-17-15-13-11-9-7-2/h38-39,45,47,53,55,60-61,65H,6-37,40-44,46,48-52,54,56-59H2,1-5H3,(H-,63,66,67,68)/p+1/b39-38+,47-45+,55-53+. The van der Waals surface area contributed by atoms with Crippen molar-refractivity contribution in [3.8, 4) is 0 Å². The summed E-state index contributed by atoms with van der Waals surface area (Å²) in [6, 6.07) is -0.868. The molecule has 0 aromatic heterocycles. The highest BCUT2D eigenvalue weighted by atomic mass is 31.2. The lowest BCUT2D eigenvalue weighted by Crippen LogP contribution is -2.45. The lowest BCUT2D eigenvalue weighted by molar-refractivity contribution is -0.870. The molecule has 9 heteroatoms. The van der Waals surface area contributed by atoms with Crippen LogP contribution in [-0.2, 0) is 18.4 Å². The van der Waals surface area contributed by atoms with Gasteiger partial charge in [-0.1, -0.05) is 288 Å². The Labute approximate surface area is 442 Å². The predicted octanol–water partition coefficient (Wildman–Crippen LogP) is 18.9. The molecule has 0 aromatic rings. The Morgan fingerprint density at radius 3 is 1.13 bits per heavy atom. The Bertz CT molecular complexity index is 1250. The highest BCUT2D eigenvalue weighted by molar-refractivity contribution is 7.47. The van der Waals surface area contributed by atoms with Crippen molar-refractivity contribution >= 4 is 13.7 Å². The van der Waals surface area contributed by atoms with Crippen molar-refractivity contribution in [2.75, 3.05) is 40.9 Å². The van der Waals surface area contributed by atoms with Crippen LogP contribution >= 0.6 is 7.82 Å². The molecule has 0 heterocycles. The SMILES string of the molecule is CCCCCCCCCCCCCCCCCCCCCC/C=C/CC/C=C/CC/C=C/C(O)C(COP(=O)(O)OCC[N+](C)(C)C)NC(=O)CCCCCCCCCCCCCCCCCCCCC. The van der Waals surface area contributed by atoms with Gasteiger partial charge in [0.25, 0.3) is 0 Å². The molecule has 0 aliphatic carbocycles. The molecule has 0 aliphatic rings. The maximum atomic E-state index is 13.0. The van der Waals surface area contributed by atoms with Crippen molar-refractivity contribution in [2.24, 2.45) is 0 Å². The third-order valence-corrected chi connectivity index (χ3v) is 15.1. The quantitative estimate of drug-likeness (QED) is 0.0243. The zero-order chi connectivity index (χ0) is 52.0. The molecule has 1 amide bonds. The average molecular weight is 1020 g/mol. The molecule has 0 radical (unpaired) electrons. The minimum Gasteiger partial charge on any atom is -0.387 e. The van der Waals surface area contributed by atoms with Gasteiger partial charge >= 0.3 is 7.82 Å². The predicted molar refractivity (Wildman–Crippen MR) is 309 cm³/mol. The first-order chi connectivity index (χ1) is 34.5. The Morgan fingerprint density at radius 2 is 0.775 bits per heavy atom. The molecule has 3 atom stereocenters. The van der Waals surface area contributed by atoms with Crippen LogP contribution in [0.4, 0.5) is 0 Å². The van der Waals surface area contributed by atoms with Crippen LogP contribution in [0.2, 0.25) is 0 Å². The summed E-state index contributed by atoms with van der Waals surface area (Å²) in [4.78, 5) is 23.3. The normalized spacial score (nSPS) is 14.1. The van der Waals surface area contributed by atoms with Crippen molar-refractivity contribution in [3.05, 3.63) is 36.5 Å². The van der Waals surface area contributed by atoms with Crippen molar-refractivity contribution in [1.82, 2.24) is 5.32 Å². The third kappa shape index (κ3) is 56.3. The number of hydrogen-bond acceptors (Lipinski definition) is 5. The lowest BCUT2D eigenvalue weighted by atomic mass is 10.0. The second-order valence-corrected chi connectivity index (χ2v) is 23.9. The lowest BCUT2D eigenvalue weighted by Gasteiger charge is -2.25. The summed E-state index contributed by atoms with van der Waals surface area (Å²) in [6.07, 6.45) is 69.9. The fourth-order valence-corrected chi connectivity index (χ4v) is 9.99. The number of carbonyl (C=O) groups excluding carboxylic acids is 1. The molecule has 0 saturated carbocycles. The zero-order valence-electron chi connectivity index (χ0n) is 48.0. The van der Waals surface area contributed by atoms with E-state index in [-0.39, 0.29) is 19.1 Å². The van der Waals surface area contributed by atoms with Crippen molar-refractivity contribution in [2.45, 2.75) is 315 Å². The van der Waals surface area contributed by atoms with Gasteiger partial charge in [0.1, 0.15) is 13.2 Å². The first-order valence-corrected chi connectivity index (χ1v) is 32.4. The number of nitrogens with zero attached hydrogens (tertiary/aromatic N) is 1. The van der Waals surface area contributed by atoms with Gasteiger partial charge in [0, 0.05) is 6.42 Å². The monoisotopic (exact) mass is 1020 g/mol. The van der Waals surface area contributed by atoms with Crippen molar-refractivity contribution in [1.29, 1.82) is 0 Å². The number of likely N-dealkylation sites (N-methyl/N-ethyl adjacent to an activating group) is 1. The number of nitrogens with one attached hydrogen (secondary N) is 1. The van der Waals surface area contributed by atoms with E-state index in [9.17, 15) is 19.4 Å². The molecule has 0 aromatic carbocycles. The summed E-state index contributed by atoms with van der Waals surface area (Å²) >= 11 is 0. The number of carbonyl (C=O) groups is 1. The number of hydrogen-bond donors (Lipinski definition) is 3. The van der Waals surface area contributed by atoms with E-state index in [1.165, 1.54) is 238 Å².